The normalized spacial score (nSPS) is 16.4. The molecule has 4 aromatic heterocycles. The molecular formula is C29H29FN8O. The predicted molar refractivity (Wildman–Crippen MR) is 149 cm³/mol. The topological polar surface area (TPSA) is 115 Å². The van der Waals surface area contributed by atoms with Crippen LogP contribution in [-0.4, -0.2) is 49.1 Å². The van der Waals surface area contributed by atoms with Crippen molar-refractivity contribution >= 4 is 39.3 Å². The Balaban J connectivity index is 1.25. The van der Waals surface area contributed by atoms with Crippen molar-refractivity contribution in [3.63, 3.8) is 0 Å². The molecule has 9 nitrogen and oxygen atoms in total. The van der Waals surface area contributed by atoms with Gasteiger partial charge in [0.1, 0.15) is 16.7 Å². The first-order chi connectivity index (χ1) is 19.1. The maximum absolute atomic E-state index is 15.3. The van der Waals surface area contributed by atoms with E-state index in [1.807, 2.05) is 18.2 Å². The number of H-pyrrole nitrogens is 2. The number of aromatic nitrogens is 6. The monoisotopic (exact) mass is 524 g/mol. The van der Waals surface area contributed by atoms with E-state index in [1.165, 1.54) is 25.3 Å². The van der Waals surface area contributed by atoms with Crippen molar-refractivity contribution in [3.8, 4) is 22.6 Å². The third kappa shape index (κ3) is 4.39. The molecule has 0 bridgehead atoms. The van der Waals surface area contributed by atoms with Crippen LogP contribution in [0.3, 0.4) is 0 Å². The summed E-state index contributed by atoms with van der Waals surface area (Å²) in [6.07, 6.45) is 12.7. The molecule has 2 aliphatic rings. The molecule has 1 amide bonds. The molecule has 0 atom stereocenters. The first-order valence-electron chi connectivity index (χ1n) is 13.7. The Morgan fingerprint density at radius 2 is 1.87 bits per heavy atom. The Morgan fingerprint density at radius 3 is 2.72 bits per heavy atom. The second-order valence-corrected chi connectivity index (χ2v) is 10.5. The number of carbonyl (C=O) groups excluding carboxylic acids is 1. The van der Waals surface area contributed by atoms with Gasteiger partial charge < -0.3 is 15.2 Å². The molecule has 198 valence electrons. The van der Waals surface area contributed by atoms with Crippen LogP contribution in [-0.2, 0) is 4.79 Å². The van der Waals surface area contributed by atoms with Crippen molar-refractivity contribution < 1.29 is 9.18 Å². The van der Waals surface area contributed by atoms with Gasteiger partial charge in [-0.2, -0.15) is 5.10 Å². The number of hydrogen-bond donors (Lipinski definition) is 3. The van der Waals surface area contributed by atoms with Gasteiger partial charge in [0, 0.05) is 42.4 Å². The standard InChI is InChI=1S/C29H29FN8O/c30-22-14-18(19-12-20(16-31-15-19)33-29(39)17-6-2-3-7-17)13-21-24(22)36-37-25(21)28-34-26-23(8-9-32-27(26)35-28)38-10-4-1-5-11-38/h8-9,12-17H,1-7,10-11H2,(H,33,39)(H,36,37)(H,32,34,35). The van der Waals surface area contributed by atoms with Gasteiger partial charge in [0.25, 0.3) is 0 Å². The van der Waals surface area contributed by atoms with E-state index in [9.17, 15) is 4.79 Å². The lowest BCUT2D eigenvalue weighted by Crippen LogP contribution is -2.29. The average Bonchev–Trinajstić information content (AvgIpc) is 3.73. The summed E-state index contributed by atoms with van der Waals surface area (Å²) in [4.78, 5) is 31.9. The molecule has 5 aromatic rings. The number of carbonyl (C=O) groups is 1. The maximum Gasteiger partial charge on any atom is 0.227 e. The Labute approximate surface area is 224 Å². The van der Waals surface area contributed by atoms with Crippen LogP contribution < -0.4 is 10.2 Å². The van der Waals surface area contributed by atoms with Crippen LogP contribution in [0.2, 0.25) is 0 Å². The number of halogens is 1. The van der Waals surface area contributed by atoms with Crippen LogP contribution in [0.1, 0.15) is 44.9 Å². The van der Waals surface area contributed by atoms with Gasteiger partial charge in [0.2, 0.25) is 5.91 Å². The minimum atomic E-state index is -0.450. The summed E-state index contributed by atoms with van der Waals surface area (Å²) in [6, 6.07) is 7.17. The van der Waals surface area contributed by atoms with Gasteiger partial charge in [-0.25, -0.2) is 14.4 Å². The van der Waals surface area contributed by atoms with Crippen LogP contribution in [0.25, 0.3) is 44.7 Å². The van der Waals surface area contributed by atoms with Gasteiger partial charge in [-0.1, -0.05) is 12.8 Å². The molecule has 1 aromatic carbocycles. The number of anilines is 2. The second-order valence-electron chi connectivity index (χ2n) is 10.5. The highest BCUT2D eigenvalue weighted by Crippen LogP contribution is 2.34. The zero-order valence-corrected chi connectivity index (χ0v) is 21.5. The summed E-state index contributed by atoms with van der Waals surface area (Å²) in [5.41, 5.74) is 5.32. The summed E-state index contributed by atoms with van der Waals surface area (Å²) in [5.74, 6) is 0.169. The molecule has 39 heavy (non-hydrogen) atoms. The number of hydrogen-bond acceptors (Lipinski definition) is 6. The zero-order valence-electron chi connectivity index (χ0n) is 21.5. The van der Waals surface area contributed by atoms with Crippen molar-refractivity contribution in [1.29, 1.82) is 0 Å². The lowest BCUT2D eigenvalue weighted by atomic mass is 10.0. The van der Waals surface area contributed by atoms with E-state index in [0.29, 0.717) is 39.4 Å². The molecule has 1 saturated carbocycles. The van der Waals surface area contributed by atoms with Crippen molar-refractivity contribution in [3.05, 3.63) is 48.7 Å². The number of amides is 1. The maximum atomic E-state index is 15.3. The molecule has 0 spiro atoms. The van der Waals surface area contributed by atoms with E-state index in [0.717, 1.165) is 50.0 Å². The van der Waals surface area contributed by atoms with Crippen molar-refractivity contribution in [2.24, 2.45) is 5.92 Å². The minimum absolute atomic E-state index is 0.0209. The number of fused-ring (bicyclic) bond motifs is 2. The van der Waals surface area contributed by atoms with Crippen molar-refractivity contribution in [1.82, 2.24) is 30.1 Å². The summed E-state index contributed by atoms with van der Waals surface area (Å²) in [5, 5.41) is 10.8. The molecular weight excluding hydrogens is 495 g/mol. The molecule has 10 heteroatoms. The lowest BCUT2D eigenvalue weighted by Gasteiger charge is -2.28. The molecule has 1 aliphatic carbocycles. The first kappa shape index (κ1) is 23.8. The van der Waals surface area contributed by atoms with Crippen molar-refractivity contribution in [2.75, 3.05) is 23.3 Å². The SMILES string of the molecule is O=C(Nc1cncc(-c2cc(F)c3n[nH]c(-c4nc5nccc(N6CCCCC6)c5[nH]4)c3c2)c1)C1CCCC1. The molecule has 0 unspecified atom stereocenters. The van der Waals surface area contributed by atoms with Gasteiger partial charge in [-0.05, 0) is 61.9 Å². The average molecular weight is 525 g/mol. The second kappa shape index (κ2) is 9.76. The fourth-order valence-electron chi connectivity index (χ4n) is 5.94. The highest BCUT2D eigenvalue weighted by Gasteiger charge is 2.23. The van der Waals surface area contributed by atoms with Crippen LogP contribution in [0.4, 0.5) is 15.8 Å². The Hall–Kier alpha value is -4.34. The number of imidazole rings is 1. The molecule has 1 aliphatic heterocycles. The molecule has 1 saturated heterocycles. The Kier molecular flexibility index (Phi) is 5.94. The summed E-state index contributed by atoms with van der Waals surface area (Å²) in [7, 11) is 0. The number of aromatic amines is 2. The number of benzene rings is 1. The highest BCUT2D eigenvalue weighted by molar-refractivity contribution is 5.97. The molecule has 0 radical (unpaired) electrons. The zero-order chi connectivity index (χ0) is 26.3. The van der Waals surface area contributed by atoms with Gasteiger partial charge >= 0.3 is 0 Å². The number of piperidine rings is 1. The molecule has 3 N–H and O–H groups in total. The van der Waals surface area contributed by atoms with Gasteiger partial charge in [0.05, 0.1) is 17.6 Å². The van der Waals surface area contributed by atoms with E-state index >= 15 is 4.39 Å². The Morgan fingerprint density at radius 1 is 1.03 bits per heavy atom. The van der Waals surface area contributed by atoms with Crippen LogP contribution in [0.15, 0.2) is 42.9 Å². The molecule has 5 heterocycles. The lowest BCUT2D eigenvalue weighted by molar-refractivity contribution is -0.119. The summed E-state index contributed by atoms with van der Waals surface area (Å²) >= 11 is 0. The van der Waals surface area contributed by atoms with E-state index in [1.54, 1.807) is 18.6 Å². The fourth-order valence-corrected chi connectivity index (χ4v) is 5.94. The predicted octanol–water partition coefficient (Wildman–Crippen LogP) is 5.82. The van der Waals surface area contributed by atoms with Crippen LogP contribution >= 0.6 is 0 Å². The smallest absolute Gasteiger partial charge is 0.227 e. The summed E-state index contributed by atoms with van der Waals surface area (Å²) in [6.45, 7) is 2.01. The van der Waals surface area contributed by atoms with E-state index in [-0.39, 0.29) is 17.3 Å². The minimum Gasteiger partial charge on any atom is -0.370 e. The van der Waals surface area contributed by atoms with Crippen molar-refractivity contribution in [2.45, 2.75) is 44.9 Å². The van der Waals surface area contributed by atoms with Crippen LogP contribution in [0, 0.1) is 11.7 Å². The first-order valence-corrected chi connectivity index (χ1v) is 13.7. The van der Waals surface area contributed by atoms with E-state index in [4.69, 9.17) is 4.98 Å². The highest BCUT2D eigenvalue weighted by atomic mass is 19.1. The molecule has 7 rings (SSSR count). The number of nitrogens with one attached hydrogen (secondary N) is 3. The molecule has 2 fully saturated rings. The van der Waals surface area contributed by atoms with E-state index < -0.39 is 5.82 Å². The summed E-state index contributed by atoms with van der Waals surface area (Å²) < 4.78 is 15.3. The van der Waals surface area contributed by atoms with Crippen LogP contribution in [0.5, 0.6) is 0 Å². The quantitative estimate of drug-likeness (QED) is 0.267. The fraction of sp³-hybridized carbons (Fsp3) is 0.345. The number of pyridine rings is 2. The van der Waals surface area contributed by atoms with Gasteiger partial charge in [-0.3, -0.25) is 14.9 Å². The third-order valence-electron chi connectivity index (χ3n) is 7.98. The largest absolute Gasteiger partial charge is 0.370 e. The Bertz CT molecular complexity index is 1680. The third-order valence-corrected chi connectivity index (χ3v) is 7.98. The number of rotatable bonds is 5. The van der Waals surface area contributed by atoms with Gasteiger partial charge in [0.15, 0.2) is 17.3 Å². The van der Waals surface area contributed by atoms with Gasteiger partial charge in [-0.15, -0.1) is 0 Å². The number of nitrogens with zero attached hydrogens (tertiary/aromatic N) is 5. The van der Waals surface area contributed by atoms with E-state index in [2.05, 4.69) is 35.4 Å².